The van der Waals surface area contributed by atoms with Crippen molar-refractivity contribution in [1.82, 2.24) is 15.2 Å². The Hall–Kier alpha value is -3.77. The first kappa shape index (κ1) is 19.2. The standard InChI is InChI=1S/C24H18ClN5O/c25-20-8-7-17(12-19(20)23-18-6-2-1-4-15(18)9-11-27-23)28-24(31)22-13-21(29-30-22)16-5-3-10-26-14-16/h1,3-15H,2H2,(H,28,31)(H,29,30). The minimum absolute atomic E-state index is 0.200. The van der Waals surface area contributed by atoms with Crippen molar-refractivity contribution in [3.63, 3.8) is 0 Å². The first-order valence-corrected chi connectivity index (χ1v) is 10.3. The molecule has 2 aromatic heterocycles. The van der Waals surface area contributed by atoms with Gasteiger partial charge in [0.2, 0.25) is 0 Å². The fourth-order valence-electron chi connectivity index (χ4n) is 3.68. The van der Waals surface area contributed by atoms with E-state index in [1.54, 1.807) is 36.8 Å². The van der Waals surface area contributed by atoms with Gasteiger partial charge in [0.05, 0.1) is 16.4 Å². The number of aromatic nitrogens is 3. The third-order valence-corrected chi connectivity index (χ3v) is 5.54. The smallest absolute Gasteiger partial charge is 0.273 e. The summed E-state index contributed by atoms with van der Waals surface area (Å²) < 4.78 is 0. The van der Waals surface area contributed by atoms with Crippen LogP contribution in [0.1, 0.15) is 22.5 Å². The molecule has 0 saturated heterocycles. The summed E-state index contributed by atoms with van der Waals surface area (Å²) >= 11 is 6.50. The van der Waals surface area contributed by atoms with Gasteiger partial charge in [0.15, 0.2) is 0 Å². The summed E-state index contributed by atoms with van der Waals surface area (Å²) in [5.74, 6) is -0.0921. The lowest BCUT2D eigenvalue weighted by atomic mass is 9.85. The number of rotatable bonds is 4. The van der Waals surface area contributed by atoms with Crippen molar-refractivity contribution in [2.45, 2.75) is 6.42 Å². The Morgan fingerprint density at radius 3 is 3.00 bits per heavy atom. The van der Waals surface area contributed by atoms with Crippen LogP contribution in [0.15, 0.2) is 89.9 Å². The van der Waals surface area contributed by atoms with Gasteiger partial charge in [-0.2, -0.15) is 5.10 Å². The molecule has 2 aliphatic rings. The summed E-state index contributed by atoms with van der Waals surface area (Å²) in [5.41, 5.74) is 5.22. The number of nitrogens with one attached hydrogen (secondary N) is 2. The van der Waals surface area contributed by atoms with Gasteiger partial charge in [-0.1, -0.05) is 35.9 Å². The molecule has 0 saturated carbocycles. The zero-order valence-corrected chi connectivity index (χ0v) is 17.2. The Labute approximate surface area is 184 Å². The molecule has 0 spiro atoms. The molecule has 2 N–H and O–H groups in total. The van der Waals surface area contributed by atoms with Gasteiger partial charge in [-0.05, 0) is 48.4 Å². The van der Waals surface area contributed by atoms with Crippen LogP contribution in [0.4, 0.5) is 5.69 Å². The van der Waals surface area contributed by atoms with Gasteiger partial charge in [-0.15, -0.1) is 0 Å². The molecule has 1 unspecified atom stereocenters. The first-order valence-electron chi connectivity index (χ1n) is 9.88. The Kier molecular flexibility index (Phi) is 5.06. The summed E-state index contributed by atoms with van der Waals surface area (Å²) in [5, 5.41) is 10.5. The molecule has 0 fully saturated rings. The molecule has 3 aromatic rings. The van der Waals surface area contributed by atoms with Gasteiger partial charge in [0.25, 0.3) is 5.91 Å². The maximum atomic E-state index is 12.8. The Balaban J connectivity index is 1.39. The Morgan fingerprint density at radius 2 is 2.13 bits per heavy atom. The largest absolute Gasteiger partial charge is 0.321 e. The van der Waals surface area contributed by atoms with E-state index in [-0.39, 0.29) is 11.8 Å². The van der Waals surface area contributed by atoms with Gasteiger partial charge in [0.1, 0.15) is 5.69 Å². The Morgan fingerprint density at radius 1 is 1.19 bits per heavy atom. The van der Waals surface area contributed by atoms with Crippen LogP contribution in [0, 0.1) is 5.92 Å². The SMILES string of the molecule is O=C(Nc1ccc(Cl)c(C2=NC=CC3C=CCC=C23)c1)c1cc(-c2cccnc2)n[nH]1. The van der Waals surface area contributed by atoms with Gasteiger partial charge in [-0.25, -0.2) is 0 Å². The van der Waals surface area contributed by atoms with E-state index < -0.39 is 0 Å². The van der Waals surface area contributed by atoms with Crippen molar-refractivity contribution in [2.75, 3.05) is 5.32 Å². The molecular weight excluding hydrogens is 410 g/mol. The molecule has 1 aliphatic heterocycles. The number of allylic oxidation sites excluding steroid dienone is 5. The normalized spacial score (nSPS) is 17.0. The molecule has 1 aromatic carbocycles. The van der Waals surface area contributed by atoms with Crippen LogP contribution in [0.5, 0.6) is 0 Å². The van der Waals surface area contributed by atoms with Gasteiger partial charge in [-0.3, -0.25) is 19.9 Å². The van der Waals surface area contributed by atoms with E-state index in [1.807, 2.05) is 18.2 Å². The van der Waals surface area contributed by atoms with E-state index in [0.717, 1.165) is 28.8 Å². The fraction of sp³-hybridized carbons (Fsp3) is 0.0833. The van der Waals surface area contributed by atoms with Gasteiger partial charge >= 0.3 is 0 Å². The van der Waals surface area contributed by atoms with Crippen molar-refractivity contribution in [3.05, 3.63) is 101 Å². The third kappa shape index (κ3) is 3.85. The van der Waals surface area contributed by atoms with Crippen LogP contribution in [0.3, 0.4) is 0 Å². The predicted octanol–water partition coefficient (Wildman–Crippen LogP) is 5.20. The number of pyridine rings is 1. The fourth-order valence-corrected chi connectivity index (χ4v) is 3.88. The summed E-state index contributed by atoms with van der Waals surface area (Å²) in [7, 11) is 0. The zero-order chi connectivity index (χ0) is 21.2. The lowest BCUT2D eigenvalue weighted by Crippen LogP contribution is -2.17. The lowest BCUT2D eigenvalue weighted by Gasteiger charge is -2.22. The first-order chi connectivity index (χ1) is 15.2. The van der Waals surface area contributed by atoms with Crippen LogP contribution in [0.25, 0.3) is 11.3 Å². The molecule has 7 heteroatoms. The monoisotopic (exact) mass is 427 g/mol. The maximum Gasteiger partial charge on any atom is 0.273 e. The Bertz CT molecular complexity index is 1270. The maximum absolute atomic E-state index is 12.8. The number of hydrogen-bond acceptors (Lipinski definition) is 4. The van der Waals surface area contributed by atoms with E-state index >= 15 is 0 Å². The molecular formula is C24H18ClN5O. The van der Waals surface area contributed by atoms with Crippen LogP contribution < -0.4 is 5.32 Å². The molecule has 0 radical (unpaired) electrons. The van der Waals surface area contributed by atoms with E-state index in [0.29, 0.717) is 22.1 Å². The number of H-pyrrole nitrogens is 1. The van der Waals surface area contributed by atoms with Crippen LogP contribution in [0.2, 0.25) is 5.02 Å². The van der Waals surface area contributed by atoms with Crippen LogP contribution >= 0.6 is 11.6 Å². The highest BCUT2D eigenvalue weighted by molar-refractivity contribution is 6.36. The molecule has 152 valence electrons. The van der Waals surface area contributed by atoms with E-state index in [4.69, 9.17) is 11.6 Å². The van der Waals surface area contributed by atoms with Crippen LogP contribution in [-0.4, -0.2) is 26.8 Å². The van der Waals surface area contributed by atoms with Crippen molar-refractivity contribution < 1.29 is 4.79 Å². The number of nitrogens with zero attached hydrogens (tertiary/aromatic N) is 3. The third-order valence-electron chi connectivity index (χ3n) is 5.21. The molecule has 31 heavy (non-hydrogen) atoms. The minimum Gasteiger partial charge on any atom is -0.321 e. The number of carbonyl (C=O) groups is 1. The molecule has 6 nitrogen and oxygen atoms in total. The molecule has 3 heterocycles. The summed E-state index contributed by atoms with van der Waals surface area (Å²) in [4.78, 5) is 21.4. The second-order valence-electron chi connectivity index (χ2n) is 7.23. The highest BCUT2D eigenvalue weighted by Crippen LogP contribution is 2.32. The van der Waals surface area contributed by atoms with Crippen LogP contribution in [-0.2, 0) is 0 Å². The van der Waals surface area contributed by atoms with Crippen molar-refractivity contribution in [2.24, 2.45) is 10.9 Å². The number of amides is 1. The van der Waals surface area contributed by atoms with Crippen molar-refractivity contribution >= 4 is 28.9 Å². The number of aliphatic imine (C=N–C) groups is 1. The number of benzene rings is 1. The molecule has 0 bridgehead atoms. The van der Waals surface area contributed by atoms with Gasteiger partial charge in [0, 0.05) is 41.3 Å². The van der Waals surface area contributed by atoms with Gasteiger partial charge < -0.3 is 5.32 Å². The van der Waals surface area contributed by atoms with E-state index in [2.05, 4.69) is 49.8 Å². The number of halogens is 1. The zero-order valence-electron chi connectivity index (χ0n) is 16.4. The quantitative estimate of drug-likeness (QED) is 0.561. The minimum atomic E-state index is -0.293. The average molecular weight is 428 g/mol. The van der Waals surface area contributed by atoms with E-state index in [9.17, 15) is 4.79 Å². The lowest BCUT2D eigenvalue weighted by molar-refractivity contribution is 0.102. The second-order valence-corrected chi connectivity index (χ2v) is 7.63. The summed E-state index contributed by atoms with van der Waals surface area (Å²) in [6.07, 6.45) is 14.6. The molecule has 1 amide bonds. The van der Waals surface area contributed by atoms with Crippen molar-refractivity contribution in [3.8, 4) is 11.3 Å². The number of hydrogen-bond donors (Lipinski definition) is 2. The summed E-state index contributed by atoms with van der Waals surface area (Å²) in [6, 6.07) is 10.8. The topological polar surface area (TPSA) is 83.0 Å². The van der Waals surface area contributed by atoms with E-state index in [1.165, 1.54) is 0 Å². The molecule has 5 rings (SSSR count). The second kappa shape index (κ2) is 8.16. The highest BCUT2D eigenvalue weighted by Gasteiger charge is 2.23. The van der Waals surface area contributed by atoms with Crippen molar-refractivity contribution in [1.29, 1.82) is 0 Å². The number of carbonyl (C=O) groups excluding carboxylic acids is 1. The average Bonchev–Trinajstić information content (AvgIpc) is 3.31. The molecule has 1 aliphatic carbocycles. The highest BCUT2D eigenvalue weighted by atomic mass is 35.5. The number of aromatic amines is 1. The number of anilines is 1. The molecule has 1 atom stereocenters. The number of fused-ring (bicyclic) bond motifs is 1. The summed E-state index contributed by atoms with van der Waals surface area (Å²) in [6.45, 7) is 0. The predicted molar refractivity (Wildman–Crippen MR) is 122 cm³/mol.